The number of methoxy groups -OCH3 is 3. The number of aliphatic hydroxyl groups excluding tert-OH is 1. The molecule has 1 spiro atoms. The molecule has 1 aliphatic carbocycles. The van der Waals surface area contributed by atoms with Crippen LogP contribution in [0.5, 0.6) is 5.75 Å². The number of aliphatic hydroxyl groups is 3. The Kier molecular flexibility index (Phi) is 10.2. The third-order valence-corrected chi connectivity index (χ3v) is 17.2. The molecule has 2 aromatic rings. The van der Waals surface area contributed by atoms with Gasteiger partial charge in [-0.05, 0) is 107 Å². The van der Waals surface area contributed by atoms with Crippen LogP contribution in [-0.4, -0.2) is 139 Å². The van der Waals surface area contributed by atoms with Crippen LogP contribution >= 0.6 is 0 Å². The van der Waals surface area contributed by atoms with Crippen LogP contribution in [-0.2, 0) is 29.9 Å². The Labute approximate surface area is 358 Å². The Morgan fingerprint density at radius 2 is 1.69 bits per heavy atom. The van der Waals surface area contributed by atoms with Crippen LogP contribution in [0.2, 0.25) is 0 Å². The molecule has 2 bridgehead atoms. The lowest BCUT2D eigenvalue weighted by Gasteiger charge is -2.64. The van der Waals surface area contributed by atoms with Gasteiger partial charge in [0.05, 0.1) is 39.0 Å². The summed E-state index contributed by atoms with van der Waals surface area (Å²) < 4.78 is 17.1. The molecular formula is C46H64N6O9. The van der Waals surface area contributed by atoms with Gasteiger partial charge in [0.1, 0.15) is 17.3 Å². The molecule has 15 heteroatoms. The van der Waals surface area contributed by atoms with E-state index in [1.165, 1.54) is 14.2 Å². The van der Waals surface area contributed by atoms with E-state index >= 15 is 4.79 Å². The van der Waals surface area contributed by atoms with E-state index in [1.807, 2.05) is 44.0 Å². The molecule has 1 saturated carbocycles. The Bertz CT molecular complexity index is 2110. The quantitative estimate of drug-likeness (QED) is 0.184. The first-order valence-corrected chi connectivity index (χ1v) is 22.3. The van der Waals surface area contributed by atoms with Gasteiger partial charge in [-0.2, -0.15) is 0 Å². The van der Waals surface area contributed by atoms with Crippen molar-refractivity contribution in [2.45, 2.75) is 130 Å². The van der Waals surface area contributed by atoms with Crippen LogP contribution in [0, 0.1) is 11.3 Å². The average Bonchev–Trinajstić information content (AvgIpc) is 3.93. The number of para-hydroxylation sites is 1. The average molecular weight is 845 g/mol. The SMILES string of the molecule is CC[C@]1(O)C[C@@H]2C[C@](C(=O)OC)(c3cc4c(cc3OC)N(C)[C@H]3[C@@](O)(C(=O)NNC(=O)OC)[C@H](O)[C@]5(CC)CCCN6CC[C@]43[C@@H]65)C3Nc4ccccc4C3CCN(C1)[C@@H]2C. The molecule has 3 unspecified atom stereocenters. The van der Waals surface area contributed by atoms with Crippen LogP contribution < -0.4 is 25.8 Å². The summed E-state index contributed by atoms with van der Waals surface area (Å²) in [6.07, 6.45) is 2.19. The zero-order chi connectivity index (χ0) is 43.4. The van der Waals surface area contributed by atoms with Crippen molar-refractivity contribution in [3.8, 4) is 5.75 Å². The molecule has 6 aliphatic heterocycles. The van der Waals surface area contributed by atoms with Crippen molar-refractivity contribution < 1.29 is 43.9 Å². The molecule has 13 atom stereocenters. The van der Waals surface area contributed by atoms with Crippen molar-refractivity contribution >= 4 is 29.3 Å². The number of likely N-dealkylation sites (N-methyl/N-ethyl adjacent to an activating group) is 1. The number of piperidine rings is 2. The molecule has 2 aromatic carbocycles. The van der Waals surface area contributed by atoms with Gasteiger partial charge in [-0.25, -0.2) is 10.2 Å². The van der Waals surface area contributed by atoms with Crippen LogP contribution in [0.1, 0.15) is 94.7 Å². The van der Waals surface area contributed by atoms with Crippen LogP contribution in [0.25, 0.3) is 0 Å². The lowest BCUT2D eigenvalue weighted by atomic mass is 9.46. The van der Waals surface area contributed by atoms with Gasteiger partial charge in [0.2, 0.25) is 0 Å². The fourth-order valence-electron chi connectivity index (χ4n) is 14.5. The molecule has 0 aromatic heterocycles. The molecule has 7 aliphatic rings. The second kappa shape index (κ2) is 14.7. The second-order valence-electron chi connectivity index (χ2n) is 19.3. The lowest BCUT2D eigenvalue weighted by Crippen LogP contribution is -2.82. The minimum atomic E-state index is -2.41. The monoisotopic (exact) mass is 844 g/mol. The van der Waals surface area contributed by atoms with Gasteiger partial charge in [-0.3, -0.25) is 24.8 Å². The number of carbonyl (C=O) groups excluding carboxylic acids is 3. The van der Waals surface area contributed by atoms with E-state index < -0.39 is 63.6 Å². The van der Waals surface area contributed by atoms with E-state index in [4.69, 9.17) is 14.2 Å². The predicted octanol–water partition coefficient (Wildman–Crippen LogP) is 3.14. The standard InChI is InChI=1S/C46H64N6O9/c1-8-42(57)23-27-24-45(40(55)60-6,35-29(15-19-52(25-42)26(27)3)28-13-10-11-14-32(28)47-35)31-21-30-33(22-34(31)59-5)50(4)37-44(30)17-20-51-18-12-16-43(9-2,36(44)51)38(53)46(37,58)39(54)48-49-41(56)61-7/h10-11,13-14,21-22,26-27,29,35-38,47,53,57-58H,8-9,12,15-20,23-25H2,1-7H3,(H,48,54)(H,49,56)/t26-,27-,29?,35?,36+,37-,38-,42+,43-,44-,45+,46+/m1/s1. The maximum Gasteiger partial charge on any atom is 0.425 e. The van der Waals surface area contributed by atoms with Gasteiger partial charge in [0.25, 0.3) is 5.91 Å². The Hall–Kier alpha value is -4.15. The number of fused-ring (bicyclic) bond motifs is 6. The molecule has 5 fully saturated rings. The van der Waals surface area contributed by atoms with Crippen molar-refractivity contribution in [1.82, 2.24) is 20.7 Å². The minimum Gasteiger partial charge on any atom is -0.496 e. The van der Waals surface area contributed by atoms with Crippen molar-refractivity contribution in [2.24, 2.45) is 11.3 Å². The van der Waals surface area contributed by atoms with E-state index in [0.717, 1.165) is 48.4 Å². The largest absolute Gasteiger partial charge is 0.496 e. The first-order chi connectivity index (χ1) is 29.1. The molecule has 15 nitrogen and oxygen atoms in total. The fraction of sp³-hybridized carbons (Fsp3) is 0.674. The number of anilines is 2. The van der Waals surface area contributed by atoms with E-state index in [1.54, 1.807) is 7.11 Å². The Morgan fingerprint density at radius 3 is 2.39 bits per heavy atom. The summed E-state index contributed by atoms with van der Waals surface area (Å²) in [6, 6.07) is 10.7. The van der Waals surface area contributed by atoms with Crippen molar-refractivity contribution in [1.29, 1.82) is 0 Å². The summed E-state index contributed by atoms with van der Waals surface area (Å²) in [6.45, 7) is 9.05. The Balaban J connectivity index is 1.31. The second-order valence-corrected chi connectivity index (χ2v) is 19.3. The first kappa shape index (κ1) is 42.2. The summed E-state index contributed by atoms with van der Waals surface area (Å²) in [5.41, 5.74) is 2.50. The minimum absolute atomic E-state index is 0.0576. The predicted molar refractivity (Wildman–Crippen MR) is 227 cm³/mol. The normalized spacial score (nSPS) is 40.7. The smallest absolute Gasteiger partial charge is 0.425 e. The highest BCUT2D eigenvalue weighted by Crippen LogP contribution is 2.68. The number of hydrogen-bond acceptors (Lipinski definition) is 13. The van der Waals surface area contributed by atoms with Crippen molar-refractivity contribution in [3.05, 3.63) is 53.1 Å². The third-order valence-electron chi connectivity index (χ3n) is 17.2. The van der Waals surface area contributed by atoms with Gasteiger partial charge in [0.15, 0.2) is 5.60 Å². The molecule has 332 valence electrons. The van der Waals surface area contributed by atoms with Gasteiger partial charge in [-0.15, -0.1) is 0 Å². The van der Waals surface area contributed by atoms with E-state index in [9.17, 15) is 24.9 Å². The molecular weight excluding hydrogens is 781 g/mol. The van der Waals surface area contributed by atoms with Crippen LogP contribution in [0.4, 0.5) is 16.2 Å². The van der Waals surface area contributed by atoms with Gasteiger partial charge in [-0.1, -0.05) is 32.0 Å². The number of esters is 1. The number of carbonyl (C=O) groups is 3. The maximum atomic E-state index is 15.5. The summed E-state index contributed by atoms with van der Waals surface area (Å²) in [4.78, 5) is 49.1. The number of nitrogens with one attached hydrogen (secondary N) is 3. The zero-order valence-corrected chi connectivity index (χ0v) is 36.6. The third kappa shape index (κ3) is 5.55. The lowest BCUT2D eigenvalue weighted by molar-refractivity contribution is -0.222. The topological polar surface area (TPSA) is 185 Å². The van der Waals surface area contributed by atoms with E-state index in [2.05, 4.69) is 51.1 Å². The molecule has 61 heavy (non-hydrogen) atoms. The maximum absolute atomic E-state index is 15.5. The van der Waals surface area contributed by atoms with Gasteiger partial charge < -0.3 is 39.7 Å². The van der Waals surface area contributed by atoms with Crippen molar-refractivity contribution in [2.75, 3.05) is 64.8 Å². The van der Waals surface area contributed by atoms with E-state index in [0.29, 0.717) is 62.9 Å². The number of benzene rings is 2. The highest BCUT2D eigenvalue weighted by atomic mass is 16.5. The number of amides is 2. The van der Waals surface area contributed by atoms with Crippen LogP contribution in [0.15, 0.2) is 36.4 Å². The highest BCUT2D eigenvalue weighted by molar-refractivity contribution is 5.92. The summed E-state index contributed by atoms with van der Waals surface area (Å²) in [7, 11) is 6.07. The number of hydrazine groups is 1. The number of rotatable bonds is 6. The summed E-state index contributed by atoms with van der Waals surface area (Å²) in [5.74, 6) is -1.08. The molecule has 2 amide bonds. The molecule has 6 N–H and O–H groups in total. The van der Waals surface area contributed by atoms with Gasteiger partial charge >= 0.3 is 12.1 Å². The van der Waals surface area contributed by atoms with Crippen LogP contribution in [0.3, 0.4) is 0 Å². The Morgan fingerprint density at radius 1 is 0.918 bits per heavy atom. The molecule has 9 rings (SSSR count). The summed E-state index contributed by atoms with van der Waals surface area (Å²) >= 11 is 0. The fourth-order valence-corrected chi connectivity index (χ4v) is 14.5. The molecule has 4 saturated heterocycles. The van der Waals surface area contributed by atoms with Crippen molar-refractivity contribution in [3.63, 3.8) is 0 Å². The van der Waals surface area contributed by atoms with E-state index in [-0.39, 0.29) is 23.9 Å². The molecule has 0 radical (unpaired) electrons. The highest BCUT2D eigenvalue weighted by Gasteiger charge is 2.79. The number of ether oxygens (including phenoxy) is 3. The molecule has 6 heterocycles. The number of hydrogen-bond donors (Lipinski definition) is 6. The first-order valence-electron chi connectivity index (χ1n) is 22.3. The zero-order valence-electron chi connectivity index (χ0n) is 36.6. The summed E-state index contributed by atoms with van der Waals surface area (Å²) in [5, 5.41) is 41.9. The number of nitrogens with zero attached hydrogens (tertiary/aromatic N) is 3. The van der Waals surface area contributed by atoms with Gasteiger partial charge in [0, 0.05) is 65.4 Å².